The van der Waals surface area contributed by atoms with Crippen LogP contribution in [0.25, 0.3) is 0 Å². The largest absolute Gasteiger partial charge is 0.497 e. The molecule has 1 atom stereocenters. The van der Waals surface area contributed by atoms with Crippen molar-refractivity contribution in [3.05, 3.63) is 119 Å². The van der Waals surface area contributed by atoms with E-state index in [1.165, 1.54) is 33.5 Å². The molecule has 0 saturated heterocycles. The second-order valence-electron chi connectivity index (χ2n) is 9.62. The molecule has 0 amide bonds. The van der Waals surface area contributed by atoms with Crippen LogP contribution in [-0.2, 0) is 25.9 Å². The molecule has 0 heterocycles. The fraction of sp³-hybridized carbons (Fsp3) is 0.273. The second kappa shape index (κ2) is 11.9. The molecule has 0 aliphatic heterocycles. The van der Waals surface area contributed by atoms with Gasteiger partial charge in [-0.05, 0) is 89.8 Å². The van der Waals surface area contributed by atoms with Crippen LogP contribution in [0.3, 0.4) is 0 Å². The van der Waals surface area contributed by atoms with Gasteiger partial charge in [0.05, 0.1) is 14.2 Å². The summed E-state index contributed by atoms with van der Waals surface area (Å²) in [5.41, 5.74) is 7.83. The van der Waals surface area contributed by atoms with Gasteiger partial charge < -0.3 is 19.5 Å². The van der Waals surface area contributed by atoms with Crippen molar-refractivity contribution in [1.29, 1.82) is 0 Å². The fourth-order valence-corrected chi connectivity index (χ4v) is 5.13. The van der Waals surface area contributed by atoms with Crippen molar-refractivity contribution in [1.82, 2.24) is 0 Å². The van der Waals surface area contributed by atoms with E-state index in [4.69, 9.17) is 14.2 Å². The van der Waals surface area contributed by atoms with Gasteiger partial charge in [0.15, 0.2) is 0 Å². The Balaban J connectivity index is 1.21. The number of anilines is 1. The summed E-state index contributed by atoms with van der Waals surface area (Å²) in [5.74, 6) is 3.20. The lowest BCUT2D eigenvalue weighted by Crippen LogP contribution is -2.15. The maximum absolute atomic E-state index is 5.93. The summed E-state index contributed by atoms with van der Waals surface area (Å²) < 4.78 is 16.9. The first-order valence-corrected chi connectivity index (χ1v) is 13.0. The Morgan fingerprint density at radius 1 is 0.730 bits per heavy atom. The molecule has 1 N–H and O–H groups in total. The minimum Gasteiger partial charge on any atom is -0.497 e. The molecule has 0 fully saturated rings. The Bertz CT molecular complexity index is 1300. The van der Waals surface area contributed by atoms with Crippen molar-refractivity contribution in [2.24, 2.45) is 0 Å². The van der Waals surface area contributed by atoms with Gasteiger partial charge in [-0.1, -0.05) is 54.6 Å². The number of methoxy groups -OCH3 is 2. The van der Waals surface area contributed by atoms with Crippen LogP contribution in [0.5, 0.6) is 17.2 Å². The molecule has 0 aromatic heterocycles. The molecule has 1 aliphatic carbocycles. The van der Waals surface area contributed by atoms with Crippen molar-refractivity contribution < 1.29 is 14.2 Å². The lowest BCUT2D eigenvalue weighted by atomic mass is 9.79. The van der Waals surface area contributed by atoms with Crippen LogP contribution in [0.2, 0.25) is 0 Å². The van der Waals surface area contributed by atoms with E-state index < -0.39 is 0 Å². The first kappa shape index (κ1) is 24.8. The van der Waals surface area contributed by atoms with Gasteiger partial charge in [-0.3, -0.25) is 0 Å². The van der Waals surface area contributed by atoms with E-state index in [2.05, 4.69) is 78.1 Å². The third kappa shape index (κ3) is 6.26. The maximum atomic E-state index is 5.93. The van der Waals surface area contributed by atoms with E-state index in [0.29, 0.717) is 12.5 Å². The number of hydrogen-bond donors (Lipinski definition) is 1. The number of aryl methyl sites for hydroxylation is 1. The molecule has 4 nitrogen and oxygen atoms in total. The number of hydrogen-bond acceptors (Lipinski definition) is 4. The molecule has 0 radical (unpaired) electrons. The minimum atomic E-state index is 0.482. The zero-order valence-electron chi connectivity index (χ0n) is 21.7. The van der Waals surface area contributed by atoms with Gasteiger partial charge in [-0.25, -0.2) is 0 Å². The standard InChI is InChI=1S/C33H35NO3/c1-35-30-15-12-26-20-28(11-10-27(26)21-30)32-17-16-31(36-2)22-33(32)34-19-18-24-8-13-29(14-9-24)37-23-25-6-4-3-5-7-25/h3-9,12-17,21-22,28,34H,10-11,18-20,23H2,1-2H3. The number of nitrogens with one attached hydrogen (secondary N) is 1. The van der Waals surface area contributed by atoms with Crippen LogP contribution in [0.1, 0.15) is 40.2 Å². The quantitative estimate of drug-likeness (QED) is 0.253. The molecule has 4 heteroatoms. The van der Waals surface area contributed by atoms with E-state index in [-0.39, 0.29) is 0 Å². The van der Waals surface area contributed by atoms with Crippen LogP contribution >= 0.6 is 0 Å². The molecule has 1 aliphatic rings. The van der Waals surface area contributed by atoms with Crippen LogP contribution < -0.4 is 19.5 Å². The van der Waals surface area contributed by atoms with Crippen LogP contribution in [0.4, 0.5) is 5.69 Å². The SMILES string of the molecule is COc1ccc2c(c1)CCC(c1ccc(OC)cc1NCCc1ccc(OCc3ccccc3)cc1)C2. The molecule has 5 rings (SSSR count). The number of ether oxygens (including phenoxy) is 3. The number of rotatable bonds is 10. The molecule has 0 saturated carbocycles. The summed E-state index contributed by atoms with van der Waals surface area (Å²) in [6, 6.07) is 31.6. The summed E-state index contributed by atoms with van der Waals surface area (Å²) in [5, 5.41) is 3.71. The van der Waals surface area contributed by atoms with E-state index in [1.54, 1.807) is 14.2 Å². The zero-order valence-corrected chi connectivity index (χ0v) is 21.7. The van der Waals surface area contributed by atoms with Crippen LogP contribution in [0.15, 0.2) is 91.0 Å². The third-order valence-corrected chi connectivity index (χ3v) is 7.24. The Labute approximate surface area is 220 Å². The van der Waals surface area contributed by atoms with Crippen LogP contribution in [-0.4, -0.2) is 20.8 Å². The molecule has 0 spiro atoms. The summed E-state index contributed by atoms with van der Waals surface area (Å²) in [6.07, 6.45) is 4.18. The van der Waals surface area contributed by atoms with Crippen molar-refractivity contribution in [2.75, 3.05) is 26.1 Å². The Kier molecular flexibility index (Phi) is 7.95. The predicted octanol–water partition coefficient (Wildman–Crippen LogP) is 7.21. The van der Waals surface area contributed by atoms with Gasteiger partial charge in [-0.2, -0.15) is 0 Å². The second-order valence-corrected chi connectivity index (χ2v) is 9.62. The van der Waals surface area contributed by atoms with Crippen molar-refractivity contribution >= 4 is 5.69 Å². The van der Waals surface area contributed by atoms with Gasteiger partial charge >= 0.3 is 0 Å². The fourth-order valence-electron chi connectivity index (χ4n) is 5.13. The average Bonchev–Trinajstić information content (AvgIpc) is 2.96. The van der Waals surface area contributed by atoms with Gasteiger partial charge in [0.2, 0.25) is 0 Å². The van der Waals surface area contributed by atoms with Gasteiger partial charge in [0.25, 0.3) is 0 Å². The predicted molar refractivity (Wildman–Crippen MR) is 150 cm³/mol. The third-order valence-electron chi connectivity index (χ3n) is 7.24. The van der Waals surface area contributed by atoms with Crippen molar-refractivity contribution in [2.45, 2.75) is 38.2 Å². The molecular formula is C33H35NO3. The lowest BCUT2D eigenvalue weighted by molar-refractivity contribution is 0.306. The zero-order chi connectivity index (χ0) is 25.5. The van der Waals surface area contributed by atoms with E-state index in [0.717, 1.165) is 49.5 Å². The molecular weight excluding hydrogens is 458 g/mol. The first-order valence-electron chi connectivity index (χ1n) is 13.0. The van der Waals surface area contributed by atoms with E-state index >= 15 is 0 Å². The summed E-state index contributed by atoms with van der Waals surface area (Å²) >= 11 is 0. The van der Waals surface area contributed by atoms with Crippen molar-refractivity contribution in [3.63, 3.8) is 0 Å². The highest BCUT2D eigenvalue weighted by atomic mass is 16.5. The highest BCUT2D eigenvalue weighted by Crippen LogP contribution is 2.38. The van der Waals surface area contributed by atoms with E-state index in [9.17, 15) is 0 Å². The molecule has 4 aromatic rings. The van der Waals surface area contributed by atoms with E-state index in [1.807, 2.05) is 18.2 Å². The number of benzene rings is 4. The molecule has 1 unspecified atom stereocenters. The summed E-state index contributed by atoms with van der Waals surface area (Å²) in [6.45, 7) is 1.43. The molecule has 37 heavy (non-hydrogen) atoms. The normalized spacial score (nSPS) is 14.5. The topological polar surface area (TPSA) is 39.7 Å². The Morgan fingerprint density at radius 2 is 1.46 bits per heavy atom. The van der Waals surface area contributed by atoms with Gasteiger partial charge in [0.1, 0.15) is 23.9 Å². The smallest absolute Gasteiger partial charge is 0.120 e. The molecule has 190 valence electrons. The first-order chi connectivity index (χ1) is 18.2. The monoisotopic (exact) mass is 493 g/mol. The summed E-state index contributed by atoms with van der Waals surface area (Å²) in [7, 11) is 3.46. The van der Waals surface area contributed by atoms with Gasteiger partial charge in [-0.15, -0.1) is 0 Å². The van der Waals surface area contributed by atoms with Crippen molar-refractivity contribution in [3.8, 4) is 17.2 Å². The Hall–Kier alpha value is -3.92. The number of fused-ring (bicyclic) bond motifs is 1. The highest BCUT2D eigenvalue weighted by Gasteiger charge is 2.23. The average molecular weight is 494 g/mol. The summed E-state index contributed by atoms with van der Waals surface area (Å²) in [4.78, 5) is 0. The maximum Gasteiger partial charge on any atom is 0.120 e. The van der Waals surface area contributed by atoms with Gasteiger partial charge in [0, 0.05) is 18.3 Å². The molecule has 0 bridgehead atoms. The van der Waals surface area contributed by atoms with Crippen LogP contribution in [0, 0.1) is 0 Å². The highest BCUT2D eigenvalue weighted by molar-refractivity contribution is 5.58. The Morgan fingerprint density at radius 3 is 2.24 bits per heavy atom. The lowest BCUT2D eigenvalue weighted by Gasteiger charge is -2.27. The molecule has 4 aromatic carbocycles. The minimum absolute atomic E-state index is 0.482.